The fraction of sp³-hybridized carbons (Fsp3) is 0.714. The molecule has 0 unspecified atom stereocenters. The summed E-state index contributed by atoms with van der Waals surface area (Å²) in [6.45, 7) is 4.55. The first-order valence-corrected chi connectivity index (χ1v) is 4.53. The van der Waals surface area contributed by atoms with Gasteiger partial charge >= 0.3 is 0 Å². The van der Waals surface area contributed by atoms with Crippen LogP contribution in [0.25, 0.3) is 0 Å². The molecule has 0 saturated carbocycles. The zero-order valence-electron chi connectivity index (χ0n) is 6.50. The van der Waals surface area contributed by atoms with Crippen molar-refractivity contribution in [2.75, 3.05) is 13.1 Å². The molecule has 1 fully saturated rings. The molecule has 4 heteroatoms. The number of nitrogens with one attached hydrogen (secondary N) is 1. The van der Waals surface area contributed by atoms with E-state index >= 15 is 0 Å². The molecule has 1 N–H and O–H groups in total. The van der Waals surface area contributed by atoms with Crippen molar-refractivity contribution in [2.45, 2.75) is 13.3 Å². The van der Waals surface area contributed by atoms with Gasteiger partial charge in [0.05, 0.1) is 6.20 Å². The molecule has 11 heavy (non-hydrogen) atoms. The van der Waals surface area contributed by atoms with Gasteiger partial charge in [0.25, 0.3) is 0 Å². The van der Waals surface area contributed by atoms with Gasteiger partial charge in [-0.05, 0) is 23.4 Å². The molecule has 1 aliphatic rings. The lowest BCUT2D eigenvalue weighted by molar-refractivity contribution is 0.197. The molecular formula is C7H11N3S. The van der Waals surface area contributed by atoms with E-state index in [1.807, 2.05) is 6.20 Å². The third-order valence-electron chi connectivity index (χ3n) is 2.11. The average Bonchev–Trinajstić information content (AvgIpc) is 2.36. The molecule has 1 aliphatic heterocycles. The highest BCUT2D eigenvalue weighted by Crippen LogP contribution is 2.27. The average molecular weight is 169 g/mol. The lowest BCUT2D eigenvalue weighted by Gasteiger charge is -2.38. The van der Waals surface area contributed by atoms with Crippen LogP contribution in [0.2, 0.25) is 0 Å². The van der Waals surface area contributed by atoms with Crippen molar-refractivity contribution in [1.29, 1.82) is 0 Å². The molecule has 2 rings (SSSR count). The molecule has 1 aromatic rings. The normalized spacial score (nSPS) is 21.2. The van der Waals surface area contributed by atoms with E-state index in [1.165, 1.54) is 16.4 Å². The minimum atomic E-state index is 0.466. The van der Waals surface area contributed by atoms with Gasteiger partial charge in [-0.1, -0.05) is 11.4 Å². The lowest BCUT2D eigenvalue weighted by Crippen LogP contribution is -2.52. The van der Waals surface area contributed by atoms with E-state index < -0.39 is 0 Å². The van der Waals surface area contributed by atoms with Gasteiger partial charge in [-0.2, -0.15) is 0 Å². The van der Waals surface area contributed by atoms with Crippen LogP contribution < -0.4 is 5.32 Å². The second kappa shape index (κ2) is 2.53. The second-order valence-electron chi connectivity index (χ2n) is 3.47. The Labute approximate surface area is 70.0 Å². The molecule has 0 atom stereocenters. The fourth-order valence-corrected chi connectivity index (χ4v) is 2.07. The third kappa shape index (κ3) is 1.41. The van der Waals surface area contributed by atoms with Crippen LogP contribution in [0.1, 0.15) is 11.8 Å². The first kappa shape index (κ1) is 7.18. The van der Waals surface area contributed by atoms with Gasteiger partial charge in [-0.3, -0.25) is 0 Å². The summed E-state index contributed by atoms with van der Waals surface area (Å²) in [5, 5.41) is 7.09. The predicted octanol–water partition coefficient (Wildman–Crippen LogP) is 0.690. The molecular weight excluding hydrogens is 158 g/mol. The van der Waals surface area contributed by atoms with Crippen LogP contribution in [-0.2, 0) is 6.42 Å². The van der Waals surface area contributed by atoms with E-state index in [0.29, 0.717) is 5.41 Å². The molecule has 1 saturated heterocycles. The molecule has 60 valence electrons. The van der Waals surface area contributed by atoms with E-state index in [4.69, 9.17) is 0 Å². The van der Waals surface area contributed by atoms with Crippen LogP contribution in [0.4, 0.5) is 0 Å². The van der Waals surface area contributed by atoms with E-state index in [1.54, 1.807) is 0 Å². The summed E-state index contributed by atoms with van der Waals surface area (Å²) in [5.41, 5.74) is 0.466. The summed E-state index contributed by atoms with van der Waals surface area (Å²) in [7, 11) is 0. The molecule has 0 bridgehead atoms. The molecule has 3 nitrogen and oxygen atoms in total. The molecule has 0 aromatic carbocycles. The predicted molar refractivity (Wildman–Crippen MR) is 44.6 cm³/mol. The van der Waals surface area contributed by atoms with Gasteiger partial charge < -0.3 is 5.32 Å². The van der Waals surface area contributed by atoms with Crippen molar-refractivity contribution >= 4 is 11.5 Å². The molecule has 0 amide bonds. The first-order valence-electron chi connectivity index (χ1n) is 3.75. The Hall–Kier alpha value is -0.480. The van der Waals surface area contributed by atoms with E-state index in [0.717, 1.165) is 19.5 Å². The summed E-state index contributed by atoms with van der Waals surface area (Å²) in [5.74, 6) is 0. The zero-order valence-corrected chi connectivity index (χ0v) is 7.32. The Morgan fingerprint density at radius 2 is 2.55 bits per heavy atom. The standard InChI is InChI=1S/C7H11N3S/c1-7(4-8-5-7)2-6-3-9-10-11-6/h3,8H,2,4-5H2,1H3. The van der Waals surface area contributed by atoms with Crippen molar-refractivity contribution in [3.05, 3.63) is 11.1 Å². The Morgan fingerprint density at radius 1 is 1.73 bits per heavy atom. The highest BCUT2D eigenvalue weighted by Gasteiger charge is 2.31. The van der Waals surface area contributed by atoms with Crippen LogP contribution >= 0.6 is 11.5 Å². The van der Waals surface area contributed by atoms with Crippen LogP contribution in [0.5, 0.6) is 0 Å². The van der Waals surface area contributed by atoms with Gasteiger partial charge in [0.1, 0.15) is 0 Å². The maximum Gasteiger partial charge on any atom is 0.0653 e. The monoisotopic (exact) mass is 169 g/mol. The van der Waals surface area contributed by atoms with Crippen molar-refractivity contribution in [3.8, 4) is 0 Å². The SMILES string of the molecule is CC1(Cc2cnns2)CNC1. The van der Waals surface area contributed by atoms with Gasteiger partial charge in [0, 0.05) is 18.0 Å². The van der Waals surface area contributed by atoms with E-state index in [9.17, 15) is 0 Å². The number of hydrogen-bond acceptors (Lipinski definition) is 4. The summed E-state index contributed by atoms with van der Waals surface area (Å²) in [6, 6.07) is 0. The largest absolute Gasteiger partial charge is 0.316 e. The Balaban J connectivity index is 2.00. The molecule has 0 aliphatic carbocycles. The Bertz CT molecular complexity index is 228. The number of aromatic nitrogens is 2. The molecule has 1 aromatic heterocycles. The van der Waals surface area contributed by atoms with Gasteiger partial charge in [-0.15, -0.1) is 5.10 Å². The summed E-state index contributed by atoms with van der Waals surface area (Å²) >= 11 is 1.51. The molecule has 0 radical (unpaired) electrons. The van der Waals surface area contributed by atoms with E-state index in [-0.39, 0.29) is 0 Å². The summed E-state index contributed by atoms with van der Waals surface area (Å²) in [4.78, 5) is 1.30. The zero-order chi connectivity index (χ0) is 7.73. The van der Waals surface area contributed by atoms with Gasteiger partial charge in [0.2, 0.25) is 0 Å². The van der Waals surface area contributed by atoms with Crippen LogP contribution in [0.15, 0.2) is 6.20 Å². The smallest absolute Gasteiger partial charge is 0.0653 e. The van der Waals surface area contributed by atoms with Crippen LogP contribution in [-0.4, -0.2) is 22.7 Å². The van der Waals surface area contributed by atoms with Gasteiger partial charge in [-0.25, -0.2) is 0 Å². The third-order valence-corrected chi connectivity index (χ3v) is 2.77. The highest BCUT2D eigenvalue weighted by molar-refractivity contribution is 7.05. The lowest BCUT2D eigenvalue weighted by atomic mass is 9.80. The minimum Gasteiger partial charge on any atom is -0.316 e. The molecule has 0 spiro atoms. The Morgan fingerprint density at radius 3 is 3.00 bits per heavy atom. The summed E-state index contributed by atoms with van der Waals surface area (Å²) in [6.07, 6.45) is 2.99. The van der Waals surface area contributed by atoms with Crippen molar-refractivity contribution in [1.82, 2.24) is 14.9 Å². The van der Waals surface area contributed by atoms with Crippen molar-refractivity contribution in [3.63, 3.8) is 0 Å². The van der Waals surface area contributed by atoms with Crippen molar-refractivity contribution in [2.24, 2.45) is 5.41 Å². The highest BCUT2D eigenvalue weighted by atomic mass is 32.1. The van der Waals surface area contributed by atoms with E-state index in [2.05, 4.69) is 21.8 Å². The topological polar surface area (TPSA) is 37.8 Å². The van der Waals surface area contributed by atoms with Crippen LogP contribution in [0.3, 0.4) is 0 Å². The van der Waals surface area contributed by atoms with Gasteiger partial charge in [0.15, 0.2) is 0 Å². The number of nitrogens with zero attached hydrogens (tertiary/aromatic N) is 2. The summed E-state index contributed by atoms with van der Waals surface area (Å²) < 4.78 is 3.84. The Kier molecular flexibility index (Phi) is 1.65. The first-order chi connectivity index (χ1) is 5.29. The molecule has 2 heterocycles. The second-order valence-corrected chi connectivity index (χ2v) is 4.35. The number of hydrogen-bond donors (Lipinski definition) is 1. The minimum absolute atomic E-state index is 0.466. The maximum absolute atomic E-state index is 3.84. The maximum atomic E-state index is 3.84. The van der Waals surface area contributed by atoms with Crippen LogP contribution in [0, 0.1) is 5.41 Å². The fourth-order valence-electron chi connectivity index (χ4n) is 1.36. The quantitative estimate of drug-likeness (QED) is 0.708. The van der Waals surface area contributed by atoms with Crippen molar-refractivity contribution < 1.29 is 0 Å². The number of rotatable bonds is 2.